The van der Waals surface area contributed by atoms with E-state index in [1.165, 1.54) is 24.1 Å². The maximum atomic E-state index is 5.84. The highest BCUT2D eigenvalue weighted by Gasteiger charge is 2.20. The fraction of sp³-hybridized carbons (Fsp3) is 0.667. The van der Waals surface area contributed by atoms with Crippen molar-refractivity contribution in [2.75, 3.05) is 19.8 Å². The topological polar surface area (TPSA) is 21.3 Å². The van der Waals surface area contributed by atoms with Crippen LogP contribution in [0.4, 0.5) is 0 Å². The van der Waals surface area contributed by atoms with Gasteiger partial charge < -0.3 is 10.1 Å². The van der Waals surface area contributed by atoms with Crippen LogP contribution in [0.1, 0.15) is 24.1 Å². The number of nitrogens with one attached hydrogen (secondary N) is 1. The summed E-state index contributed by atoms with van der Waals surface area (Å²) < 4.78 is 6.40. The molecule has 90 valence electrons. The molecule has 16 heavy (non-hydrogen) atoms. The van der Waals surface area contributed by atoms with Crippen LogP contribution in [0.15, 0.2) is 12.1 Å². The van der Waals surface area contributed by atoms with Crippen LogP contribution < -0.4 is 5.32 Å². The summed E-state index contributed by atoms with van der Waals surface area (Å²) in [6, 6.07) is 4.00. The first kappa shape index (κ1) is 12.4. The van der Waals surface area contributed by atoms with Gasteiger partial charge in [-0.3, -0.25) is 0 Å². The minimum absolute atomic E-state index is 0.811. The lowest BCUT2D eigenvalue weighted by molar-refractivity contribution is 0.130. The molecule has 0 bridgehead atoms. The summed E-state index contributed by atoms with van der Waals surface area (Å²) in [5, 5.41) is 3.35. The van der Waals surface area contributed by atoms with Gasteiger partial charge in [-0.25, -0.2) is 0 Å². The van der Waals surface area contributed by atoms with Crippen LogP contribution in [0.2, 0.25) is 4.34 Å². The van der Waals surface area contributed by atoms with E-state index in [-0.39, 0.29) is 0 Å². The molecule has 1 aliphatic carbocycles. The molecule has 0 saturated heterocycles. The smallest absolute Gasteiger partial charge is 0.0931 e. The largest absolute Gasteiger partial charge is 0.380 e. The highest BCUT2D eigenvalue weighted by atomic mass is 35.5. The summed E-state index contributed by atoms with van der Waals surface area (Å²) in [5.41, 5.74) is 0. The molecule has 2 nitrogen and oxygen atoms in total. The predicted molar refractivity (Wildman–Crippen MR) is 69.2 cm³/mol. The molecule has 1 N–H and O–H groups in total. The average Bonchev–Trinajstić information content (AvgIpc) is 3.00. The monoisotopic (exact) mass is 259 g/mol. The van der Waals surface area contributed by atoms with E-state index in [4.69, 9.17) is 16.3 Å². The Morgan fingerprint density at radius 1 is 1.38 bits per heavy atom. The third-order valence-corrected chi connectivity index (χ3v) is 3.95. The zero-order chi connectivity index (χ0) is 11.2. The first-order valence-corrected chi connectivity index (χ1v) is 7.07. The van der Waals surface area contributed by atoms with Crippen LogP contribution in [0.3, 0.4) is 0 Å². The van der Waals surface area contributed by atoms with E-state index in [0.717, 1.165) is 36.6 Å². The van der Waals surface area contributed by atoms with Crippen molar-refractivity contribution in [3.63, 3.8) is 0 Å². The van der Waals surface area contributed by atoms with Crippen molar-refractivity contribution in [1.82, 2.24) is 5.32 Å². The maximum Gasteiger partial charge on any atom is 0.0931 e. The SMILES string of the molecule is Clc1ccc(CNCCOCCC2CC2)s1. The van der Waals surface area contributed by atoms with E-state index in [2.05, 4.69) is 11.4 Å². The van der Waals surface area contributed by atoms with Gasteiger partial charge in [-0.1, -0.05) is 24.4 Å². The van der Waals surface area contributed by atoms with E-state index in [1.807, 2.05) is 6.07 Å². The normalized spacial score (nSPS) is 15.6. The molecule has 2 rings (SSSR count). The van der Waals surface area contributed by atoms with E-state index < -0.39 is 0 Å². The van der Waals surface area contributed by atoms with Crippen molar-refractivity contribution in [2.45, 2.75) is 25.8 Å². The van der Waals surface area contributed by atoms with Gasteiger partial charge in [0.1, 0.15) is 0 Å². The number of ether oxygens (including phenoxy) is 1. The molecule has 0 atom stereocenters. The van der Waals surface area contributed by atoms with Gasteiger partial charge in [0, 0.05) is 24.6 Å². The first-order valence-electron chi connectivity index (χ1n) is 5.87. The third-order valence-electron chi connectivity index (χ3n) is 2.72. The Morgan fingerprint density at radius 2 is 2.25 bits per heavy atom. The quantitative estimate of drug-likeness (QED) is 0.724. The molecule has 0 spiro atoms. The highest BCUT2D eigenvalue weighted by Crippen LogP contribution is 2.31. The number of rotatable bonds is 8. The van der Waals surface area contributed by atoms with Crippen molar-refractivity contribution in [1.29, 1.82) is 0 Å². The van der Waals surface area contributed by atoms with E-state index in [9.17, 15) is 0 Å². The zero-order valence-corrected chi connectivity index (χ0v) is 10.9. The Balaban J connectivity index is 1.42. The van der Waals surface area contributed by atoms with Gasteiger partial charge in [-0.15, -0.1) is 11.3 Å². The van der Waals surface area contributed by atoms with Gasteiger partial charge in [-0.05, 0) is 24.5 Å². The molecule has 4 heteroatoms. The van der Waals surface area contributed by atoms with Gasteiger partial charge in [0.25, 0.3) is 0 Å². The van der Waals surface area contributed by atoms with Gasteiger partial charge in [0.05, 0.1) is 10.9 Å². The predicted octanol–water partition coefficient (Wildman–Crippen LogP) is 3.31. The van der Waals surface area contributed by atoms with Gasteiger partial charge >= 0.3 is 0 Å². The van der Waals surface area contributed by atoms with E-state index in [0.29, 0.717) is 0 Å². The van der Waals surface area contributed by atoms with Gasteiger partial charge in [0.2, 0.25) is 0 Å². The van der Waals surface area contributed by atoms with Crippen LogP contribution in [0.5, 0.6) is 0 Å². The summed E-state index contributed by atoms with van der Waals surface area (Å²) >= 11 is 7.47. The van der Waals surface area contributed by atoms with Crippen molar-refractivity contribution in [3.05, 3.63) is 21.3 Å². The second-order valence-electron chi connectivity index (χ2n) is 4.23. The number of hydrogen-bond acceptors (Lipinski definition) is 3. The molecule has 0 aliphatic heterocycles. The highest BCUT2D eigenvalue weighted by molar-refractivity contribution is 7.16. The fourth-order valence-electron chi connectivity index (χ4n) is 1.56. The average molecular weight is 260 g/mol. The van der Waals surface area contributed by atoms with Crippen molar-refractivity contribution in [2.24, 2.45) is 5.92 Å². The summed E-state index contributed by atoms with van der Waals surface area (Å²) in [7, 11) is 0. The van der Waals surface area contributed by atoms with Crippen LogP contribution >= 0.6 is 22.9 Å². The molecular formula is C12H18ClNOS. The third kappa shape index (κ3) is 4.83. The van der Waals surface area contributed by atoms with Crippen LogP contribution in [-0.4, -0.2) is 19.8 Å². The molecule has 0 radical (unpaired) electrons. The Labute approximate surface area is 106 Å². The van der Waals surface area contributed by atoms with Crippen LogP contribution in [0, 0.1) is 5.92 Å². The summed E-state index contributed by atoms with van der Waals surface area (Å²) in [6.07, 6.45) is 4.09. The standard InChI is InChI=1S/C12H18ClNOS/c13-12-4-3-11(16-12)9-14-6-8-15-7-5-10-1-2-10/h3-4,10,14H,1-2,5-9H2. The van der Waals surface area contributed by atoms with Crippen molar-refractivity contribution >= 4 is 22.9 Å². The Bertz CT molecular complexity index is 312. The second kappa shape index (κ2) is 6.60. The Morgan fingerprint density at radius 3 is 2.94 bits per heavy atom. The molecular weight excluding hydrogens is 242 g/mol. The minimum Gasteiger partial charge on any atom is -0.380 e. The first-order chi connectivity index (χ1) is 7.84. The summed E-state index contributed by atoms with van der Waals surface area (Å²) in [5.74, 6) is 0.973. The van der Waals surface area contributed by atoms with Crippen molar-refractivity contribution in [3.8, 4) is 0 Å². The summed E-state index contributed by atoms with van der Waals surface area (Å²) in [4.78, 5) is 1.28. The zero-order valence-electron chi connectivity index (χ0n) is 9.38. The lowest BCUT2D eigenvalue weighted by atomic mass is 10.3. The van der Waals surface area contributed by atoms with Crippen molar-refractivity contribution < 1.29 is 4.74 Å². The Kier molecular flexibility index (Phi) is 5.10. The second-order valence-corrected chi connectivity index (χ2v) is 6.03. The molecule has 1 aliphatic rings. The number of halogens is 1. The molecule has 0 unspecified atom stereocenters. The molecule has 1 fully saturated rings. The molecule has 1 heterocycles. The maximum absolute atomic E-state index is 5.84. The van der Waals surface area contributed by atoms with Gasteiger partial charge in [0.15, 0.2) is 0 Å². The molecule has 1 saturated carbocycles. The summed E-state index contributed by atoms with van der Waals surface area (Å²) in [6.45, 7) is 3.55. The lowest BCUT2D eigenvalue weighted by Gasteiger charge is -2.04. The number of thiophene rings is 1. The fourth-order valence-corrected chi connectivity index (χ4v) is 2.62. The molecule has 1 aromatic rings. The minimum atomic E-state index is 0.811. The Hall–Kier alpha value is -0.0900. The number of hydrogen-bond donors (Lipinski definition) is 1. The van der Waals surface area contributed by atoms with Crippen LogP contribution in [0.25, 0.3) is 0 Å². The molecule has 0 amide bonds. The van der Waals surface area contributed by atoms with Crippen LogP contribution in [-0.2, 0) is 11.3 Å². The van der Waals surface area contributed by atoms with Gasteiger partial charge in [-0.2, -0.15) is 0 Å². The molecule has 0 aromatic carbocycles. The van der Waals surface area contributed by atoms with E-state index >= 15 is 0 Å². The van der Waals surface area contributed by atoms with E-state index in [1.54, 1.807) is 11.3 Å². The molecule has 1 aromatic heterocycles. The lowest BCUT2D eigenvalue weighted by Crippen LogP contribution is -2.19.